The largest absolute Gasteiger partial charge is 0.508 e. The Morgan fingerprint density at radius 1 is 0.867 bits per heavy atom. The molecule has 24 heteroatoms. The van der Waals surface area contributed by atoms with Crippen LogP contribution in [0.1, 0.15) is 121 Å². The molecule has 4 aromatic carbocycles. The summed E-state index contributed by atoms with van der Waals surface area (Å²) in [4.78, 5) is 119. The number of amides is 2. The number of H-pyrrole nitrogens is 1. The number of ether oxygens (including phenoxy) is 6. The molecule has 2 bridgehead atoms. The van der Waals surface area contributed by atoms with Gasteiger partial charge >= 0.3 is 35.8 Å². The predicted octanol–water partition coefficient (Wildman–Crippen LogP) is 6.44. The van der Waals surface area contributed by atoms with E-state index in [1.54, 1.807) is 94.4 Å². The van der Waals surface area contributed by atoms with Crippen LogP contribution in [0.25, 0.3) is 17.1 Å². The number of hydrogen-bond acceptors (Lipinski definition) is 20. The number of nitrogens with one attached hydrogen (secondary N) is 2. The summed E-state index contributed by atoms with van der Waals surface area (Å²) < 4.78 is 38.1. The smallest absolute Gasteiger partial charge is 0.410 e. The zero-order valence-corrected chi connectivity index (χ0v) is 52.0. The maximum absolute atomic E-state index is 15.5. The first kappa shape index (κ1) is 64.5. The first-order valence-corrected chi connectivity index (χ1v) is 30.2. The van der Waals surface area contributed by atoms with Gasteiger partial charge in [-0.25, -0.2) is 33.6 Å². The minimum absolute atomic E-state index is 0.0337. The van der Waals surface area contributed by atoms with E-state index in [1.807, 2.05) is 26.0 Å². The summed E-state index contributed by atoms with van der Waals surface area (Å²) in [5, 5.41) is 56.7. The number of nitrogens with zero attached hydrogens (tertiary/aromatic N) is 4. The number of ketones is 2. The molecule has 1 aromatic heterocycles. The molecule has 24 nitrogen and oxygen atoms in total. The molecule has 12 atom stereocenters. The maximum atomic E-state index is 15.5. The standard InChI is InChI=1S/C66H78N6O18/c1-35(2)42-29-43(45(75)30-44(42)74)56-68-69-59(81)72(56)41-23-21-38(22-24-41)33-70-25-27-71(28-26-70)61(83)87-52(50(39-17-13-11-14-18-39)67-60(82)90-62(5,6)7)58(80)86-46-32-66(84)55(88-57(79)40-19-15-12-16-20-40)53-64(10,54(78)51(77)49(36(46)3)63(66,8)9)47(76)31-48-65(53,34-85-48)89-37(4)73/h11-24,29-30,35-36,46-50,52-53,55,74-76,84H,25-28,31-34H2,1-10H3,(H,67,82)(H,69,81). The molecule has 2 saturated heterocycles. The van der Waals surface area contributed by atoms with E-state index in [2.05, 4.69) is 20.4 Å². The zero-order valence-electron chi connectivity index (χ0n) is 52.0. The molecule has 10 rings (SSSR count). The fourth-order valence-corrected chi connectivity index (χ4v) is 14.2. The molecule has 0 spiro atoms. The van der Waals surface area contributed by atoms with Gasteiger partial charge in [0.05, 0.1) is 40.9 Å². The van der Waals surface area contributed by atoms with Crippen molar-refractivity contribution < 1.29 is 82.4 Å². The van der Waals surface area contributed by atoms with Crippen molar-refractivity contribution in [2.75, 3.05) is 32.8 Å². The van der Waals surface area contributed by atoms with E-state index in [0.29, 0.717) is 30.9 Å². The number of hydrogen-bond donors (Lipinski definition) is 6. The monoisotopic (exact) mass is 1240 g/mol. The van der Waals surface area contributed by atoms with Crippen molar-refractivity contribution >= 4 is 41.7 Å². The maximum Gasteiger partial charge on any atom is 0.410 e. The Morgan fingerprint density at radius 3 is 2.11 bits per heavy atom. The van der Waals surface area contributed by atoms with Crippen LogP contribution in [0.3, 0.4) is 0 Å². The normalized spacial score (nSPS) is 27.9. The van der Waals surface area contributed by atoms with Crippen LogP contribution < -0.4 is 11.0 Å². The van der Waals surface area contributed by atoms with E-state index >= 15 is 14.4 Å². The van der Waals surface area contributed by atoms with E-state index in [-0.39, 0.29) is 66.0 Å². The van der Waals surface area contributed by atoms with Crippen molar-refractivity contribution in [1.82, 2.24) is 29.9 Å². The molecule has 90 heavy (non-hydrogen) atoms. The Kier molecular flexibility index (Phi) is 17.5. The highest BCUT2D eigenvalue weighted by molar-refractivity contribution is 6.40. The van der Waals surface area contributed by atoms with E-state index in [4.69, 9.17) is 28.4 Å². The Morgan fingerprint density at radius 2 is 1.51 bits per heavy atom. The van der Waals surface area contributed by atoms with Gasteiger partial charge in [0.25, 0.3) is 0 Å². The van der Waals surface area contributed by atoms with Crippen molar-refractivity contribution in [3.63, 3.8) is 0 Å². The number of aromatic nitrogens is 3. The second kappa shape index (κ2) is 24.4. The lowest BCUT2D eigenvalue weighted by atomic mass is 9.42. The first-order chi connectivity index (χ1) is 42.4. The number of aliphatic hydroxyl groups excluding tert-OH is 1. The fraction of sp³-hybridized carbons (Fsp3) is 0.500. The highest BCUT2D eigenvalue weighted by Gasteiger charge is 2.79. The number of rotatable bonds is 14. The lowest BCUT2D eigenvalue weighted by molar-refractivity contribution is -0.350. The molecule has 2 aliphatic heterocycles. The van der Waals surface area contributed by atoms with E-state index < -0.39 is 136 Å². The predicted molar refractivity (Wildman–Crippen MR) is 321 cm³/mol. The molecule has 2 amide bonds. The highest BCUT2D eigenvalue weighted by Crippen LogP contribution is 2.64. The number of phenolic OH excluding ortho intramolecular Hbond substituents is 2. The van der Waals surface area contributed by atoms with Gasteiger partial charge in [-0.3, -0.25) is 19.3 Å². The van der Waals surface area contributed by atoms with Crippen LogP contribution in [0.2, 0.25) is 0 Å². The first-order valence-electron chi connectivity index (χ1n) is 30.2. The minimum Gasteiger partial charge on any atom is -0.508 e. The van der Waals surface area contributed by atoms with Crippen LogP contribution >= 0.6 is 0 Å². The second-order valence-corrected chi connectivity index (χ2v) is 26.4. The summed E-state index contributed by atoms with van der Waals surface area (Å²) in [7, 11) is 0. The van der Waals surface area contributed by atoms with Gasteiger partial charge in [-0.05, 0) is 80.6 Å². The molecular weight excluding hydrogens is 1160 g/mol. The second-order valence-electron chi connectivity index (χ2n) is 26.4. The van der Waals surface area contributed by atoms with Crippen LogP contribution in [0.5, 0.6) is 11.5 Å². The Bertz CT molecular complexity index is 3630. The minimum atomic E-state index is -2.48. The van der Waals surface area contributed by atoms with Gasteiger partial charge in [-0.2, -0.15) is 5.10 Å². The van der Waals surface area contributed by atoms with Crippen LogP contribution in [0.4, 0.5) is 9.59 Å². The Labute approximate surface area is 519 Å². The van der Waals surface area contributed by atoms with Gasteiger partial charge in [-0.15, -0.1) is 0 Å². The van der Waals surface area contributed by atoms with Gasteiger partial charge in [0, 0.05) is 75.8 Å². The number of carbonyl (C=O) groups is 7. The van der Waals surface area contributed by atoms with Gasteiger partial charge in [0.1, 0.15) is 47.1 Å². The molecule has 12 unspecified atom stereocenters. The summed E-state index contributed by atoms with van der Waals surface area (Å²) in [5.41, 5.74) is -7.37. The molecule has 3 saturated carbocycles. The van der Waals surface area contributed by atoms with E-state index in [9.17, 15) is 44.4 Å². The van der Waals surface area contributed by atoms with Crippen molar-refractivity contribution in [2.24, 2.45) is 28.6 Å². The third-order valence-corrected chi connectivity index (χ3v) is 19.0. The molecule has 5 aliphatic rings. The molecule has 5 aromatic rings. The Balaban J connectivity index is 0.944. The summed E-state index contributed by atoms with van der Waals surface area (Å²) in [6.07, 6.45) is -11.0. The molecule has 0 radical (unpaired) electrons. The van der Waals surface area contributed by atoms with Gasteiger partial charge < -0.3 is 59.1 Å². The summed E-state index contributed by atoms with van der Waals surface area (Å²) >= 11 is 0. The topological polar surface area (TPSA) is 325 Å². The van der Waals surface area contributed by atoms with E-state index in [0.717, 1.165) is 12.5 Å². The number of fused-ring (bicyclic) bond motifs is 5. The van der Waals surface area contributed by atoms with Crippen molar-refractivity contribution in [2.45, 2.75) is 148 Å². The zero-order chi connectivity index (χ0) is 65.2. The number of aliphatic hydroxyl groups is 2. The summed E-state index contributed by atoms with van der Waals surface area (Å²) in [6.45, 7) is 16.7. The van der Waals surface area contributed by atoms with Crippen LogP contribution in [-0.4, -0.2) is 167 Å². The number of Topliss-reactive ketones (excluding diaryl/α,β-unsaturated/α-hetero) is 2. The fourth-order valence-electron chi connectivity index (χ4n) is 14.2. The molecule has 3 heterocycles. The third kappa shape index (κ3) is 11.7. The van der Waals surface area contributed by atoms with Crippen LogP contribution in [-0.2, 0) is 54.1 Å². The molecule has 6 N–H and O–H groups in total. The molecule has 3 aliphatic carbocycles. The van der Waals surface area contributed by atoms with Gasteiger partial charge in [0.15, 0.2) is 11.4 Å². The van der Waals surface area contributed by atoms with Crippen LogP contribution in [0, 0.1) is 28.6 Å². The van der Waals surface area contributed by atoms with Crippen molar-refractivity contribution in [1.29, 1.82) is 0 Å². The number of benzene rings is 4. The number of aromatic amines is 1. The molecular formula is C66H78N6O18. The quantitative estimate of drug-likeness (QED) is 0.0396. The van der Waals surface area contributed by atoms with Gasteiger partial charge in [0.2, 0.25) is 17.7 Å². The lowest BCUT2D eigenvalue weighted by Crippen LogP contribution is -2.82. The number of alkyl carbamates (subject to hydrolysis) is 1. The average molecular weight is 1240 g/mol. The van der Waals surface area contributed by atoms with Crippen molar-refractivity contribution in [3.05, 3.63) is 130 Å². The summed E-state index contributed by atoms with van der Waals surface area (Å²) in [5.74, 6) is -9.75. The Hall–Kier alpha value is -8.45. The lowest BCUT2D eigenvalue weighted by Gasteiger charge is -2.67. The third-order valence-electron chi connectivity index (χ3n) is 19.0. The number of aromatic hydroxyl groups is 2. The average Bonchev–Trinajstić information content (AvgIpc) is 0.811. The number of carbonyl (C=O) groups excluding carboxylic acids is 7. The summed E-state index contributed by atoms with van der Waals surface area (Å²) in [6, 6.07) is 24.4. The highest BCUT2D eigenvalue weighted by atomic mass is 16.6. The SMILES string of the molecule is CC(=O)OC12COC1CC(O)C1(C)C(=O)C(=O)C3C(C)C(OC(=O)C(OC(=O)N4CCN(Cc5ccc(-n6c(-c7cc(C(C)C)c(O)cc7O)n[nH]c6=O)cc5)CC4)C(NC(=O)OC(C)(C)C)c4ccccc4)CC(O)(C(OC(=O)c4ccccc4)C21)C3(C)C. The van der Waals surface area contributed by atoms with Crippen molar-refractivity contribution in [3.8, 4) is 28.6 Å². The number of esters is 3. The number of piperazine rings is 1. The number of phenols is 2. The molecule has 480 valence electrons. The van der Waals surface area contributed by atoms with Gasteiger partial charge in [-0.1, -0.05) is 95.3 Å². The molecule has 5 fully saturated rings. The van der Waals surface area contributed by atoms with Crippen LogP contribution in [0.15, 0.2) is 102 Å². The van der Waals surface area contributed by atoms with E-state index in [1.165, 1.54) is 48.4 Å².